The Bertz CT molecular complexity index is 988. The molecule has 0 aliphatic rings. The lowest BCUT2D eigenvalue weighted by molar-refractivity contribution is -0.137. The van der Waals surface area contributed by atoms with Crippen molar-refractivity contribution in [1.82, 2.24) is 5.32 Å². The highest BCUT2D eigenvalue weighted by molar-refractivity contribution is 6.45. The van der Waals surface area contributed by atoms with Crippen molar-refractivity contribution in [3.05, 3.63) is 70.3 Å². The van der Waals surface area contributed by atoms with E-state index in [-0.39, 0.29) is 34.7 Å². The van der Waals surface area contributed by atoms with Crippen LogP contribution >= 0.6 is 0 Å². The van der Waals surface area contributed by atoms with Crippen LogP contribution in [0.25, 0.3) is 0 Å². The van der Waals surface area contributed by atoms with E-state index in [9.17, 15) is 22.4 Å². The lowest BCUT2D eigenvalue weighted by Crippen LogP contribution is -2.29. The monoisotopic (exact) mass is 439 g/mol. The Balaban J connectivity index is 2.33. The molecule has 0 aromatic heterocycles. The number of nitrogens with zero attached hydrogens (tertiary/aromatic N) is 2. The Morgan fingerprint density at radius 3 is 2.45 bits per heavy atom. The van der Waals surface area contributed by atoms with E-state index in [1.165, 1.54) is 39.3 Å². The number of oxime groups is 2. The van der Waals surface area contributed by atoms with Crippen LogP contribution < -0.4 is 5.32 Å². The topological polar surface area (TPSA) is 72.3 Å². The molecular weight excluding hydrogens is 418 g/mol. The zero-order valence-corrected chi connectivity index (χ0v) is 17.1. The fraction of sp³-hybridized carbons (Fsp3) is 0.286. The number of amides is 1. The average molecular weight is 439 g/mol. The molecule has 0 unspecified atom stereocenters. The molecule has 1 amide bonds. The van der Waals surface area contributed by atoms with Crippen LogP contribution in [0.5, 0.6) is 0 Å². The lowest BCUT2D eigenvalue weighted by atomic mass is 9.98. The summed E-state index contributed by atoms with van der Waals surface area (Å²) in [6, 6.07) is 9.26. The van der Waals surface area contributed by atoms with Gasteiger partial charge in [0.1, 0.15) is 20.4 Å². The number of halogens is 4. The van der Waals surface area contributed by atoms with Gasteiger partial charge >= 0.3 is 6.18 Å². The van der Waals surface area contributed by atoms with Gasteiger partial charge in [-0.05, 0) is 30.2 Å². The third-order valence-electron chi connectivity index (χ3n) is 4.31. The van der Waals surface area contributed by atoms with E-state index in [2.05, 4.69) is 15.6 Å². The van der Waals surface area contributed by atoms with E-state index in [0.29, 0.717) is 5.56 Å². The van der Waals surface area contributed by atoms with Crippen LogP contribution in [0.3, 0.4) is 0 Å². The second kappa shape index (κ2) is 10.6. The molecule has 2 aromatic carbocycles. The van der Waals surface area contributed by atoms with Gasteiger partial charge < -0.3 is 15.0 Å². The summed E-state index contributed by atoms with van der Waals surface area (Å²) in [6.45, 7) is 0.405. The van der Waals surface area contributed by atoms with Crippen molar-refractivity contribution in [2.24, 2.45) is 10.3 Å². The Kier molecular flexibility index (Phi) is 8.12. The minimum Gasteiger partial charge on any atom is -0.398 e. The number of rotatable bonds is 8. The minimum atomic E-state index is -4.48. The zero-order valence-electron chi connectivity index (χ0n) is 17.1. The van der Waals surface area contributed by atoms with E-state index in [4.69, 9.17) is 9.68 Å². The van der Waals surface area contributed by atoms with Gasteiger partial charge in [-0.2, -0.15) is 13.2 Å². The predicted molar refractivity (Wildman–Crippen MR) is 107 cm³/mol. The van der Waals surface area contributed by atoms with E-state index in [0.717, 1.165) is 12.1 Å². The van der Waals surface area contributed by atoms with Crippen molar-refractivity contribution < 1.29 is 32.0 Å². The second-order valence-electron chi connectivity index (χ2n) is 6.31. The smallest absolute Gasteiger partial charge is 0.398 e. The van der Waals surface area contributed by atoms with Gasteiger partial charge in [-0.1, -0.05) is 40.6 Å². The van der Waals surface area contributed by atoms with Gasteiger partial charge in [0.2, 0.25) is 0 Å². The van der Waals surface area contributed by atoms with E-state index in [1.807, 2.05) is 0 Å². The summed E-state index contributed by atoms with van der Waals surface area (Å²) in [5.41, 5.74) is 0.363. The molecule has 6 nitrogen and oxygen atoms in total. The number of likely N-dealkylation sites (N-methyl/N-ethyl adjacent to an activating group) is 1. The van der Waals surface area contributed by atoms with Crippen molar-refractivity contribution >= 4 is 17.3 Å². The fourth-order valence-corrected chi connectivity index (χ4v) is 2.74. The maximum atomic E-state index is 13.5. The first-order valence-electron chi connectivity index (χ1n) is 9.07. The van der Waals surface area contributed by atoms with Gasteiger partial charge in [-0.3, -0.25) is 4.79 Å². The van der Waals surface area contributed by atoms with Crippen LogP contribution in [0.15, 0.2) is 52.8 Å². The molecule has 0 saturated carbocycles. The number of carbonyl (C=O) groups excluding carboxylic acids is 1. The first-order chi connectivity index (χ1) is 14.7. The summed E-state index contributed by atoms with van der Waals surface area (Å²) in [6.07, 6.45) is -4.48. The maximum absolute atomic E-state index is 13.5. The van der Waals surface area contributed by atoms with Crippen LogP contribution in [0.1, 0.15) is 34.7 Å². The minimum absolute atomic E-state index is 0.0857. The largest absolute Gasteiger partial charge is 0.416 e. The molecule has 0 atom stereocenters. The average Bonchev–Trinajstić information content (AvgIpc) is 2.76. The van der Waals surface area contributed by atoms with E-state index in [1.54, 1.807) is 12.1 Å². The molecule has 0 bridgehead atoms. The molecule has 2 rings (SSSR count). The SMILES string of the molecule is CNC(=O)/C(=N/OC)c1cccc(CF)c1CO/N=C(\C)c1cccc(C(F)(F)F)c1. The van der Waals surface area contributed by atoms with Crippen LogP contribution in [-0.2, 0) is 33.9 Å². The highest BCUT2D eigenvalue weighted by atomic mass is 19.4. The molecule has 2 aromatic rings. The van der Waals surface area contributed by atoms with Crippen molar-refractivity contribution in [2.45, 2.75) is 26.4 Å². The molecule has 166 valence electrons. The molecule has 0 heterocycles. The number of nitrogens with one attached hydrogen (secondary N) is 1. The van der Waals surface area contributed by atoms with Gasteiger partial charge in [0.05, 0.1) is 11.3 Å². The first-order valence-corrected chi connectivity index (χ1v) is 9.07. The lowest BCUT2D eigenvalue weighted by Gasteiger charge is -2.13. The van der Waals surface area contributed by atoms with Crippen LogP contribution in [0, 0.1) is 0 Å². The molecule has 0 aliphatic carbocycles. The molecular formula is C21H21F4N3O3. The maximum Gasteiger partial charge on any atom is 0.416 e. The number of hydrogen-bond acceptors (Lipinski definition) is 5. The summed E-state index contributed by atoms with van der Waals surface area (Å²) >= 11 is 0. The summed E-state index contributed by atoms with van der Waals surface area (Å²) in [4.78, 5) is 22.2. The Morgan fingerprint density at radius 2 is 1.84 bits per heavy atom. The zero-order chi connectivity index (χ0) is 23.0. The van der Waals surface area contributed by atoms with E-state index < -0.39 is 24.3 Å². The van der Waals surface area contributed by atoms with Crippen molar-refractivity contribution in [2.75, 3.05) is 14.2 Å². The molecule has 0 aliphatic heterocycles. The van der Waals surface area contributed by atoms with Crippen LogP contribution in [0.2, 0.25) is 0 Å². The molecule has 10 heteroatoms. The molecule has 0 spiro atoms. The summed E-state index contributed by atoms with van der Waals surface area (Å²) in [5.74, 6) is -0.553. The molecule has 0 radical (unpaired) electrons. The Hall–Kier alpha value is -3.43. The standard InChI is InChI=1S/C21H21F4N3O3/c1-13(14-6-4-8-16(10-14)21(23,24)25)27-31-12-18-15(11-22)7-5-9-17(18)19(28-30-3)20(29)26-2/h4-10H,11-12H2,1-3H3,(H,26,29)/b27-13+,28-19+. The summed E-state index contributed by atoms with van der Waals surface area (Å²) < 4.78 is 52.2. The predicted octanol–water partition coefficient (Wildman–Crippen LogP) is 4.21. The first kappa shape index (κ1) is 23.8. The highest BCUT2D eigenvalue weighted by Gasteiger charge is 2.30. The Morgan fingerprint density at radius 1 is 1.13 bits per heavy atom. The molecule has 0 fully saturated rings. The number of hydrogen-bond donors (Lipinski definition) is 1. The fourth-order valence-electron chi connectivity index (χ4n) is 2.74. The molecule has 1 N–H and O–H groups in total. The quantitative estimate of drug-likeness (QED) is 0.381. The Labute approximate surface area is 176 Å². The van der Waals surface area contributed by atoms with E-state index >= 15 is 0 Å². The summed E-state index contributed by atoms with van der Waals surface area (Å²) in [7, 11) is 2.67. The third kappa shape index (κ3) is 6.03. The van der Waals surface area contributed by atoms with Crippen molar-refractivity contribution in [1.29, 1.82) is 0 Å². The third-order valence-corrected chi connectivity index (χ3v) is 4.31. The molecule has 0 saturated heterocycles. The van der Waals surface area contributed by atoms with Gasteiger partial charge in [-0.25, -0.2) is 4.39 Å². The van der Waals surface area contributed by atoms with Crippen LogP contribution in [-0.4, -0.2) is 31.5 Å². The van der Waals surface area contributed by atoms with Crippen molar-refractivity contribution in [3.8, 4) is 0 Å². The molecule has 31 heavy (non-hydrogen) atoms. The highest BCUT2D eigenvalue weighted by Crippen LogP contribution is 2.29. The van der Waals surface area contributed by atoms with Gasteiger partial charge in [0, 0.05) is 18.2 Å². The summed E-state index contributed by atoms with van der Waals surface area (Å²) in [5, 5.41) is 9.99. The van der Waals surface area contributed by atoms with Crippen LogP contribution in [0.4, 0.5) is 17.6 Å². The number of carbonyl (C=O) groups is 1. The van der Waals surface area contributed by atoms with Gasteiger partial charge in [-0.15, -0.1) is 0 Å². The number of benzene rings is 2. The number of alkyl halides is 4. The second-order valence-corrected chi connectivity index (χ2v) is 6.31. The van der Waals surface area contributed by atoms with Gasteiger partial charge in [0.25, 0.3) is 5.91 Å². The van der Waals surface area contributed by atoms with Gasteiger partial charge in [0.15, 0.2) is 5.71 Å². The normalized spacial score (nSPS) is 12.5. The van der Waals surface area contributed by atoms with Crippen molar-refractivity contribution in [3.63, 3.8) is 0 Å².